The van der Waals surface area contributed by atoms with Gasteiger partial charge in [0.2, 0.25) is 0 Å². The minimum Gasteiger partial charge on any atom is -0.460 e. The van der Waals surface area contributed by atoms with Gasteiger partial charge in [-0.1, -0.05) is 0 Å². The molecule has 0 radical (unpaired) electrons. The fourth-order valence-corrected chi connectivity index (χ4v) is 2.74. The van der Waals surface area contributed by atoms with Crippen LogP contribution in [-0.2, 0) is 13.1 Å². The smallest absolute Gasteiger partial charge is 0.312 e. The number of allylic oxidation sites excluding steroid dienone is 1. The molecule has 27 heavy (non-hydrogen) atoms. The zero-order valence-electron chi connectivity index (χ0n) is 15.2. The van der Waals surface area contributed by atoms with Crippen molar-refractivity contribution >= 4 is 17.5 Å². The van der Waals surface area contributed by atoms with Crippen molar-refractivity contribution in [3.05, 3.63) is 69.2 Å². The predicted octanol–water partition coefficient (Wildman–Crippen LogP) is 3.16. The number of ketones is 1. The van der Waals surface area contributed by atoms with E-state index in [2.05, 4.69) is 10.2 Å². The predicted molar refractivity (Wildman–Crippen MR) is 97.4 cm³/mol. The van der Waals surface area contributed by atoms with Gasteiger partial charge in [-0.05, 0) is 45.1 Å². The lowest BCUT2D eigenvalue weighted by Crippen LogP contribution is -2.03. The molecular formula is C18H19N5O4. The lowest BCUT2D eigenvalue weighted by atomic mass is 10.2. The maximum Gasteiger partial charge on any atom is 0.312 e. The van der Waals surface area contributed by atoms with Crippen LogP contribution in [-0.4, -0.2) is 30.3 Å². The summed E-state index contributed by atoms with van der Waals surface area (Å²) in [6.45, 7) is 6.16. The molecule has 0 amide bonds. The highest BCUT2D eigenvalue weighted by Crippen LogP contribution is 2.23. The molecule has 0 bridgehead atoms. The lowest BCUT2D eigenvalue weighted by molar-refractivity contribution is -0.386. The van der Waals surface area contributed by atoms with E-state index < -0.39 is 4.92 Å². The molecule has 9 nitrogen and oxygen atoms in total. The van der Waals surface area contributed by atoms with Gasteiger partial charge in [0.25, 0.3) is 0 Å². The number of aromatic nitrogens is 4. The summed E-state index contributed by atoms with van der Waals surface area (Å²) in [6, 6.07) is 3.48. The van der Waals surface area contributed by atoms with E-state index in [1.165, 1.54) is 17.0 Å². The third kappa shape index (κ3) is 3.86. The zero-order chi connectivity index (χ0) is 19.6. The van der Waals surface area contributed by atoms with Crippen molar-refractivity contribution in [2.75, 3.05) is 0 Å². The van der Waals surface area contributed by atoms with Gasteiger partial charge in [-0.25, -0.2) is 0 Å². The molecule has 0 aliphatic heterocycles. The van der Waals surface area contributed by atoms with E-state index in [0.29, 0.717) is 35.0 Å². The molecule has 0 spiro atoms. The first-order valence-corrected chi connectivity index (χ1v) is 8.41. The Balaban J connectivity index is 1.71. The van der Waals surface area contributed by atoms with Crippen molar-refractivity contribution < 1.29 is 14.1 Å². The standard InChI is InChI=1S/C18H19N5O4/c1-4-21-10-14(9-19-21)17(24)8-7-15-5-6-16(27-15)11-22-13(3)18(23(25)26)12(2)20-22/h5-10H,4,11H2,1-3H3/b8-7+. The second-order valence-corrected chi connectivity index (χ2v) is 6.02. The summed E-state index contributed by atoms with van der Waals surface area (Å²) in [6.07, 6.45) is 6.22. The summed E-state index contributed by atoms with van der Waals surface area (Å²) < 4.78 is 8.89. The highest BCUT2D eigenvalue weighted by Gasteiger charge is 2.22. The van der Waals surface area contributed by atoms with Crippen molar-refractivity contribution in [3.63, 3.8) is 0 Å². The quantitative estimate of drug-likeness (QED) is 0.274. The van der Waals surface area contributed by atoms with Crippen LogP contribution >= 0.6 is 0 Å². The summed E-state index contributed by atoms with van der Waals surface area (Å²) in [5.41, 5.74) is 1.35. The SMILES string of the molecule is CCn1cc(C(=O)/C=C/c2ccc(Cn3nc(C)c([N+](=O)[O-])c3C)o2)cn1. The van der Waals surface area contributed by atoms with E-state index in [1.54, 1.807) is 42.9 Å². The Kier molecular flexibility index (Phi) is 5.02. The average Bonchev–Trinajstić information content (AvgIpc) is 3.33. The fraction of sp³-hybridized carbons (Fsp3) is 0.278. The van der Waals surface area contributed by atoms with Gasteiger partial charge in [-0.15, -0.1) is 0 Å². The number of furan rings is 1. The summed E-state index contributed by atoms with van der Waals surface area (Å²) in [4.78, 5) is 22.8. The van der Waals surface area contributed by atoms with Gasteiger partial charge in [0, 0.05) is 12.7 Å². The Bertz CT molecular complexity index is 1020. The molecule has 0 N–H and O–H groups in total. The first kappa shape index (κ1) is 18.3. The van der Waals surface area contributed by atoms with Crippen LogP contribution in [0.4, 0.5) is 5.69 Å². The Hall–Kier alpha value is -3.49. The Morgan fingerprint density at radius 2 is 2.15 bits per heavy atom. The van der Waals surface area contributed by atoms with Crippen LogP contribution in [0.5, 0.6) is 0 Å². The van der Waals surface area contributed by atoms with Crippen molar-refractivity contribution in [1.82, 2.24) is 19.6 Å². The molecule has 0 atom stereocenters. The number of carbonyl (C=O) groups is 1. The topological polar surface area (TPSA) is 109 Å². The van der Waals surface area contributed by atoms with Gasteiger partial charge in [0.1, 0.15) is 22.9 Å². The second-order valence-electron chi connectivity index (χ2n) is 6.02. The molecule has 0 saturated carbocycles. The van der Waals surface area contributed by atoms with Crippen LogP contribution < -0.4 is 0 Å². The maximum atomic E-state index is 12.1. The third-order valence-corrected chi connectivity index (χ3v) is 4.15. The first-order valence-electron chi connectivity index (χ1n) is 8.41. The van der Waals surface area contributed by atoms with Crippen molar-refractivity contribution in [2.45, 2.75) is 33.9 Å². The molecule has 0 aromatic carbocycles. The Morgan fingerprint density at radius 1 is 1.37 bits per heavy atom. The third-order valence-electron chi connectivity index (χ3n) is 4.15. The summed E-state index contributed by atoms with van der Waals surface area (Å²) >= 11 is 0. The first-order chi connectivity index (χ1) is 12.9. The number of hydrogen-bond acceptors (Lipinski definition) is 6. The van der Waals surface area contributed by atoms with E-state index in [-0.39, 0.29) is 18.0 Å². The van der Waals surface area contributed by atoms with E-state index in [0.717, 1.165) is 0 Å². The van der Waals surface area contributed by atoms with Crippen molar-refractivity contribution in [3.8, 4) is 0 Å². The van der Waals surface area contributed by atoms with E-state index in [9.17, 15) is 14.9 Å². The molecule has 3 heterocycles. The van der Waals surface area contributed by atoms with Crippen LogP contribution in [0, 0.1) is 24.0 Å². The molecule has 0 aliphatic carbocycles. The van der Waals surface area contributed by atoms with Gasteiger partial charge in [-0.2, -0.15) is 10.2 Å². The van der Waals surface area contributed by atoms with E-state index in [4.69, 9.17) is 4.42 Å². The molecule has 0 fully saturated rings. The second kappa shape index (κ2) is 7.40. The Labute approximate surface area is 155 Å². The van der Waals surface area contributed by atoms with E-state index in [1.807, 2.05) is 6.92 Å². The molecule has 0 unspecified atom stereocenters. The number of rotatable bonds is 7. The minimum atomic E-state index is -0.434. The van der Waals surface area contributed by atoms with Gasteiger partial charge >= 0.3 is 5.69 Å². The zero-order valence-corrected chi connectivity index (χ0v) is 15.2. The minimum absolute atomic E-state index is 0.0138. The number of aryl methyl sites for hydroxylation is 2. The molecule has 9 heteroatoms. The van der Waals surface area contributed by atoms with Gasteiger partial charge in [0.05, 0.1) is 23.2 Å². The van der Waals surface area contributed by atoms with Gasteiger partial charge < -0.3 is 4.42 Å². The largest absolute Gasteiger partial charge is 0.460 e. The van der Waals surface area contributed by atoms with Crippen LogP contribution in [0.3, 0.4) is 0 Å². The van der Waals surface area contributed by atoms with Gasteiger partial charge in [0.15, 0.2) is 5.78 Å². The molecule has 0 aliphatic rings. The van der Waals surface area contributed by atoms with Crippen LogP contribution in [0.25, 0.3) is 6.08 Å². The lowest BCUT2D eigenvalue weighted by Gasteiger charge is -2.00. The monoisotopic (exact) mass is 369 g/mol. The van der Waals surface area contributed by atoms with Crippen molar-refractivity contribution in [1.29, 1.82) is 0 Å². The summed E-state index contributed by atoms with van der Waals surface area (Å²) in [7, 11) is 0. The highest BCUT2D eigenvalue weighted by molar-refractivity contribution is 6.06. The van der Waals surface area contributed by atoms with Crippen molar-refractivity contribution in [2.24, 2.45) is 0 Å². The fourth-order valence-electron chi connectivity index (χ4n) is 2.74. The van der Waals surface area contributed by atoms with Crippen LogP contribution in [0.1, 0.15) is 40.2 Å². The highest BCUT2D eigenvalue weighted by atomic mass is 16.6. The van der Waals surface area contributed by atoms with Crippen LogP contribution in [0.2, 0.25) is 0 Å². The number of hydrogen-bond donors (Lipinski definition) is 0. The molecule has 3 rings (SSSR count). The Morgan fingerprint density at radius 3 is 2.78 bits per heavy atom. The summed E-state index contributed by atoms with van der Waals surface area (Å²) in [5, 5.41) is 19.3. The number of nitrogens with zero attached hydrogens (tertiary/aromatic N) is 5. The molecular weight excluding hydrogens is 350 g/mol. The van der Waals surface area contributed by atoms with Crippen LogP contribution in [0.15, 0.2) is 35.0 Å². The number of nitro groups is 1. The molecule has 0 saturated heterocycles. The molecule has 140 valence electrons. The maximum absolute atomic E-state index is 12.1. The summed E-state index contributed by atoms with van der Waals surface area (Å²) in [5.74, 6) is 0.931. The van der Waals surface area contributed by atoms with Gasteiger partial charge in [-0.3, -0.25) is 24.3 Å². The molecule has 3 aromatic heterocycles. The normalized spacial score (nSPS) is 11.4. The average molecular weight is 369 g/mol. The van der Waals surface area contributed by atoms with E-state index >= 15 is 0 Å². The number of carbonyl (C=O) groups excluding carboxylic acids is 1. The molecule has 3 aromatic rings.